The quantitative estimate of drug-likeness (QED) is 0.438. The maximum Gasteiger partial charge on any atom is 0.324 e. The maximum atomic E-state index is 13.5. The fraction of sp³-hybridized carbons (Fsp3) is 0.364. The highest BCUT2D eigenvalue weighted by atomic mass is 32.2. The lowest BCUT2D eigenvalue weighted by Crippen LogP contribution is -2.30. The first-order valence-electron chi connectivity index (χ1n) is 5.68. The van der Waals surface area contributed by atoms with Crippen molar-refractivity contribution in [3.63, 3.8) is 0 Å². The third kappa shape index (κ3) is 3.73. The molecule has 0 aliphatic carbocycles. The Bertz CT molecular complexity index is 661. The van der Waals surface area contributed by atoms with Gasteiger partial charge < -0.3 is 4.74 Å². The number of methoxy groups -OCH3 is 1. The van der Waals surface area contributed by atoms with Crippen molar-refractivity contribution in [1.82, 2.24) is 4.31 Å². The third-order valence-electron chi connectivity index (χ3n) is 2.68. The van der Waals surface area contributed by atoms with E-state index in [0.717, 1.165) is 36.7 Å². The molecule has 0 aromatic heterocycles. The predicted molar refractivity (Wildman–Crippen MR) is 69.5 cm³/mol. The fourth-order valence-electron chi connectivity index (χ4n) is 1.52. The molecule has 1 aromatic rings. The van der Waals surface area contributed by atoms with E-state index in [1.54, 1.807) is 0 Å². The first kappa shape index (κ1) is 17.0. The number of esters is 1. The van der Waals surface area contributed by atoms with Crippen LogP contribution in [-0.2, 0) is 19.6 Å². The second-order valence-electron chi connectivity index (χ2n) is 4.00. The number of carbonyl (C=O) groups excluding carboxylic acids is 1. The fourth-order valence-corrected chi connectivity index (χ4v) is 2.85. The summed E-state index contributed by atoms with van der Waals surface area (Å²) in [5, 5.41) is 10.8. The lowest BCUT2D eigenvalue weighted by molar-refractivity contribution is -0.390. The Balaban J connectivity index is 3.17. The maximum absolute atomic E-state index is 13.5. The van der Waals surface area contributed by atoms with E-state index in [-0.39, 0.29) is 13.0 Å². The number of hydrogen-bond donors (Lipinski definition) is 0. The summed E-state index contributed by atoms with van der Waals surface area (Å²) in [5.74, 6) is -1.88. The van der Waals surface area contributed by atoms with Crippen molar-refractivity contribution in [2.24, 2.45) is 0 Å². The zero-order valence-corrected chi connectivity index (χ0v) is 12.1. The zero-order chi connectivity index (χ0) is 16.2. The van der Waals surface area contributed by atoms with Crippen molar-refractivity contribution < 1.29 is 27.3 Å². The van der Waals surface area contributed by atoms with Gasteiger partial charge in [0.05, 0.1) is 18.5 Å². The van der Waals surface area contributed by atoms with E-state index in [9.17, 15) is 27.7 Å². The van der Waals surface area contributed by atoms with E-state index in [1.165, 1.54) is 0 Å². The topological polar surface area (TPSA) is 107 Å². The molecule has 10 heteroatoms. The van der Waals surface area contributed by atoms with E-state index in [2.05, 4.69) is 4.74 Å². The van der Waals surface area contributed by atoms with Crippen LogP contribution in [0.15, 0.2) is 23.1 Å². The standard InChI is InChI=1S/C11H13FN2O6S/c1-13(7-6-10(15)20-2)21(18,19)9-5-3-4-8(12)11(9)14(16)17/h3-5H,6-7H2,1-2H3. The molecule has 0 N–H and O–H groups in total. The molecular formula is C11H13FN2O6S. The molecular weight excluding hydrogens is 307 g/mol. The van der Waals surface area contributed by atoms with Crippen LogP contribution in [0.1, 0.15) is 6.42 Å². The molecule has 0 amide bonds. The number of benzene rings is 1. The molecule has 1 aromatic carbocycles. The van der Waals surface area contributed by atoms with Crippen molar-refractivity contribution in [1.29, 1.82) is 0 Å². The van der Waals surface area contributed by atoms with Crippen molar-refractivity contribution in [2.45, 2.75) is 11.3 Å². The SMILES string of the molecule is COC(=O)CCN(C)S(=O)(=O)c1cccc(F)c1[N+](=O)[O-]. The molecule has 0 aliphatic heterocycles. The number of halogens is 1. The molecule has 0 bridgehead atoms. The predicted octanol–water partition coefficient (Wildman–Crippen LogP) is 0.917. The first-order valence-corrected chi connectivity index (χ1v) is 7.12. The second-order valence-corrected chi connectivity index (χ2v) is 6.01. The minimum Gasteiger partial charge on any atom is -0.469 e. The highest BCUT2D eigenvalue weighted by Gasteiger charge is 2.32. The summed E-state index contributed by atoms with van der Waals surface area (Å²) in [5.41, 5.74) is -1.12. The van der Waals surface area contributed by atoms with Crippen LogP contribution in [-0.4, -0.2) is 44.3 Å². The molecule has 116 valence electrons. The van der Waals surface area contributed by atoms with Gasteiger partial charge in [-0.05, 0) is 12.1 Å². The number of para-hydroxylation sites is 1. The summed E-state index contributed by atoms with van der Waals surface area (Å²) in [4.78, 5) is 20.0. The van der Waals surface area contributed by atoms with Gasteiger partial charge in [-0.3, -0.25) is 14.9 Å². The zero-order valence-electron chi connectivity index (χ0n) is 11.3. The van der Waals surface area contributed by atoms with Crippen LogP contribution >= 0.6 is 0 Å². The van der Waals surface area contributed by atoms with Crippen molar-refractivity contribution in [2.75, 3.05) is 20.7 Å². The number of nitro benzene ring substituents is 1. The van der Waals surface area contributed by atoms with Gasteiger partial charge in [-0.15, -0.1) is 0 Å². The highest BCUT2D eigenvalue weighted by molar-refractivity contribution is 7.89. The smallest absolute Gasteiger partial charge is 0.324 e. The highest BCUT2D eigenvalue weighted by Crippen LogP contribution is 2.28. The molecule has 0 aliphatic rings. The summed E-state index contributed by atoms with van der Waals surface area (Å²) in [6, 6.07) is 2.79. The largest absolute Gasteiger partial charge is 0.469 e. The van der Waals surface area contributed by atoms with Gasteiger partial charge in [-0.2, -0.15) is 4.39 Å². The first-order chi connectivity index (χ1) is 9.71. The van der Waals surface area contributed by atoms with Crippen molar-refractivity contribution in [3.8, 4) is 0 Å². The van der Waals surface area contributed by atoms with Crippen LogP contribution in [0.3, 0.4) is 0 Å². The summed E-state index contributed by atoms with van der Waals surface area (Å²) >= 11 is 0. The Kier molecular flexibility index (Phi) is 5.33. The van der Waals surface area contributed by atoms with Gasteiger partial charge >= 0.3 is 11.7 Å². The number of sulfonamides is 1. The Hall–Kier alpha value is -2.07. The second kappa shape index (κ2) is 6.59. The molecule has 0 saturated heterocycles. The molecule has 1 rings (SSSR count). The summed E-state index contributed by atoms with van der Waals surface area (Å²) in [6.07, 6.45) is -0.227. The van der Waals surface area contributed by atoms with Gasteiger partial charge in [0.1, 0.15) is 0 Å². The van der Waals surface area contributed by atoms with Gasteiger partial charge in [-0.1, -0.05) is 6.07 Å². The van der Waals surface area contributed by atoms with E-state index < -0.39 is 37.3 Å². The van der Waals surface area contributed by atoms with Gasteiger partial charge in [0.15, 0.2) is 4.90 Å². The normalized spacial score (nSPS) is 11.4. The third-order valence-corrected chi connectivity index (χ3v) is 4.57. The Labute approximate surface area is 120 Å². The molecule has 0 heterocycles. The van der Waals surface area contributed by atoms with E-state index >= 15 is 0 Å². The van der Waals surface area contributed by atoms with Crippen molar-refractivity contribution in [3.05, 3.63) is 34.1 Å². The van der Waals surface area contributed by atoms with Gasteiger partial charge in [0.25, 0.3) is 0 Å². The number of ether oxygens (including phenoxy) is 1. The summed E-state index contributed by atoms with van der Waals surface area (Å²) in [7, 11) is -2.02. The van der Waals surface area contributed by atoms with Gasteiger partial charge in [-0.25, -0.2) is 12.7 Å². The molecule has 21 heavy (non-hydrogen) atoms. The average molecular weight is 320 g/mol. The van der Waals surface area contributed by atoms with Crippen LogP contribution in [0.2, 0.25) is 0 Å². The van der Waals surface area contributed by atoms with E-state index in [1.807, 2.05) is 0 Å². The van der Waals surface area contributed by atoms with Crippen LogP contribution in [0.5, 0.6) is 0 Å². The molecule has 0 radical (unpaired) electrons. The van der Waals surface area contributed by atoms with E-state index in [4.69, 9.17) is 0 Å². The Morgan fingerprint density at radius 3 is 2.62 bits per heavy atom. The molecule has 0 spiro atoms. The monoisotopic (exact) mass is 320 g/mol. The van der Waals surface area contributed by atoms with Crippen LogP contribution in [0.25, 0.3) is 0 Å². The summed E-state index contributed by atoms with van der Waals surface area (Å²) in [6.45, 7) is -0.247. The molecule has 8 nitrogen and oxygen atoms in total. The minimum atomic E-state index is -4.30. The molecule has 0 atom stereocenters. The molecule has 0 fully saturated rings. The Morgan fingerprint density at radius 2 is 2.10 bits per heavy atom. The van der Waals surface area contributed by atoms with Crippen LogP contribution < -0.4 is 0 Å². The van der Waals surface area contributed by atoms with E-state index in [0.29, 0.717) is 0 Å². The van der Waals surface area contributed by atoms with Crippen molar-refractivity contribution >= 4 is 21.7 Å². The Morgan fingerprint density at radius 1 is 1.48 bits per heavy atom. The van der Waals surface area contributed by atoms with Crippen LogP contribution in [0.4, 0.5) is 10.1 Å². The molecule has 0 saturated carbocycles. The minimum absolute atomic E-state index is 0.227. The van der Waals surface area contributed by atoms with Crippen LogP contribution in [0, 0.1) is 15.9 Å². The number of nitrogens with zero attached hydrogens (tertiary/aromatic N) is 2. The number of nitro groups is 1. The lowest BCUT2D eigenvalue weighted by atomic mass is 10.3. The van der Waals surface area contributed by atoms with Gasteiger partial charge in [0, 0.05) is 13.6 Å². The molecule has 0 unspecified atom stereocenters. The summed E-state index contributed by atoms with van der Waals surface area (Å²) < 4.78 is 43.0. The number of carbonyl (C=O) groups is 1. The lowest BCUT2D eigenvalue weighted by Gasteiger charge is -2.16. The number of hydrogen-bond acceptors (Lipinski definition) is 6. The average Bonchev–Trinajstić information content (AvgIpc) is 2.43. The number of rotatable bonds is 6. The van der Waals surface area contributed by atoms with Gasteiger partial charge in [0.2, 0.25) is 15.8 Å².